The summed E-state index contributed by atoms with van der Waals surface area (Å²) in [6.07, 6.45) is 0.866. The van der Waals surface area contributed by atoms with E-state index >= 15 is 0 Å². The molecule has 1 fully saturated rings. The quantitative estimate of drug-likeness (QED) is 0.634. The Labute approximate surface area is 171 Å². The molecule has 7 heteroatoms. The molecule has 0 bridgehead atoms. The lowest BCUT2D eigenvalue weighted by Gasteiger charge is -2.26. The molecule has 1 heterocycles. The summed E-state index contributed by atoms with van der Waals surface area (Å²) in [5, 5.41) is 5.69. The summed E-state index contributed by atoms with van der Waals surface area (Å²) in [4.78, 5) is 27.1. The van der Waals surface area contributed by atoms with Crippen molar-refractivity contribution in [2.45, 2.75) is 6.42 Å². The summed E-state index contributed by atoms with van der Waals surface area (Å²) >= 11 is 0. The van der Waals surface area contributed by atoms with Crippen LogP contribution in [-0.4, -0.2) is 62.7 Å². The van der Waals surface area contributed by atoms with Crippen molar-refractivity contribution in [1.29, 1.82) is 0 Å². The van der Waals surface area contributed by atoms with Crippen LogP contribution >= 0.6 is 0 Å². The Balaban J connectivity index is 1.45. The molecule has 2 amide bonds. The maximum atomic E-state index is 12.6. The number of nitrogens with one attached hydrogen (secondary N) is 2. The molecule has 0 atom stereocenters. The van der Waals surface area contributed by atoms with Crippen molar-refractivity contribution in [3.63, 3.8) is 0 Å². The van der Waals surface area contributed by atoms with Crippen molar-refractivity contribution < 1.29 is 19.1 Å². The molecule has 154 valence electrons. The van der Waals surface area contributed by atoms with E-state index in [2.05, 4.69) is 15.5 Å². The molecule has 3 rings (SSSR count). The topological polar surface area (TPSA) is 79.9 Å². The van der Waals surface area contributed by atoms with Gasteiger partial charge in [-0.05, 0) is 37.2 Å². The lowest BCUT2D eigenvalue weighted by molar-refractivity contribution is -0.118. The Morgan fingerprint density at radius 3 is 2.52 bits per heavy atom. The van der Waals surface area contributed by atoms with Crippen LogP contribution < -0.4 is 15.4 Å². The number of amides is 2. The molecule has 1 aliphatic rings. The van der Waals surface area contributed by atoms with E-state index in [0.29, 0.717) is 23.5 Å². The minimum atomic E-state index is -0.318. The number of anilines is 1. The number of benzene rings is 2. The third kappa shape index (κ3) is 6.89. The molecule has 0 aromatic heterocycles. The minimum absolute atomic E-state index is 0.125. The van der Waals surface area contributed by atoms with Crippen LogP contribution in [0.4, 0.5) is 5.69 Å². The zero-order valence-electron chi connectivity index (χ0n) is 16.4. The fourth-order valence-corrected chi connectivity index (χ4v) is 3.07. The molecular weight excluding hydrogens is 370 g/mol. The van der Waals surface area contributed by atoms with Gasteiger partial charge in [0.05, 0.1) is 24.5 Å². The highest BCUT2D eigenvalue weighted by Gasteiger charge is 2.14. The smallest absolute Gasteiger partial charge is 0.262 e. The summed E-state index contributed by atoms with van der Waals surface area (Å²) in [7, 11) is 0. The van der Waals surface area contributed by atoms with Gasteiger partial charge >= 0.3 is 0 Å². The van der Waals surface area contributed by atoms with Crippen molar-refractivity contribution in [3.8, 4) is 5.75 Å². The molecule has 2 aromatic rings. The lowest BCUT2D eigenvalue weighted by atomic mass is 10.1. The molecule has 0 radical (unpaired) electrons. The van der Waals surface area contributed by atoms with Crippen LogP contribution in [0.1, 0.15) is 16.8 Å². The fourth-order valence-electron chi connectivity index (χ4n) is 3.07. The standard InChI is InChI=1S/C22H27N3O4/c26-21(17-29-18-7-2-1-3-8-18)24-20-10-5-4-9-19(20)22(27)23-11-6-12-25-13-15-28-16-14-25/h1-5,7-10H,6,11-17H2,(H,23,27)(H,24,26). The number of ether oxygens (including phenoxy) is 2. The summed E-state index contributed by atoms with van der Waals surface area (Å²) in [5.74, 6) is 0.0993. The van der Waals surface area contributed by atoms with Gasteiger partial charge in [-0.2, -0.15) is 0 Å². The fraction of sp³-hybridized carbons (Fsp3) is 0.364. The third-order valence-corrected chi connectivity index (χ3v) is 4.60. The van der Waals surface area contributed by atoms with E-state index in [4.69, 9.17) is 9.47 Å². The van der Waals surface area contributed by atoms with E-state index < -0.39 is 0 Å². The van der Waals surface area contributed by atoms with Gasteiger partial charge in [-0.1, -0.05) is 30.3 Å². The number of hydrogen-bond acceptors (Lipinski definition) is 5. The van der Waals surface area contributed by atoms with Crippen LogP contribution in [0.3, 0.4) is 0 Å². The molecule has 7 nitrogen and oxygen atoms in total. The van der Waals surface area contributed by atoms with E-state index in [1.807, 2.05) is 18.2 Å². The highest BCUT2D eigenvalue weighted by atomic mass is 16.5. The monoisotopic (exact) mass is 397 g/mol. The van der Waals surface area contributed by atoms with Crippen LogP contribution in [0.15, 0.2) is 54.6 Å². The second kappa shape index (κ2) is 11.2. The highest BCUT2D eigenvalue weighted by molar-refractivity contribution is 6.04. The Kier molecular flexibility index (Phi) is 8.03. The van der Waals surface area contributed by atoms with Crippen LogP contribution in [-0.2, 0) is 9.53 Å². The SMILES string of the molecule is O=C(COc1ccccc1)Nc1ccccc1C(=O)NCCCN1CCOCC1. The maximum Gasteiger partial charge on any atom is 0.262 e. The van der Waals surface area contributed by atoms with E-state index in [1.165, 1.54) is 0 Å². The Morgan fingerprint density at radius 1 is 1.00 bits per heavy atom. The number of morpholine rings is 1. The summed E-state index contributed by atoms with van der Waals surface area (Å²) in [5.41, 5.74) is 0.909. The van der Waals surface area contributed by atoms with Gasteiger partial charge in [0.1, 0.15) is 5.75 Å². The predicted molar refractivity (Wildman–Crippen MR) is 111 cm³/mol. The Bertz CT molecular complexity index is 792. The molecular formula is C22H27N3O4. The average Bonchev–Trinajstić information content (AvgIpc) is 2.77. The molecule has 0 saturated carbocycles. The van der Waals surface area contributed by atoms with Gasteiger partial charge in [-0.3, -0.25) is 14.5 Å². The first kappa shape index (κ1) is 20.8. The first-order chi connectivity index (χ1) is 14.2. The Hall–Kier alpha value is -2.90. The number of para-hydroxylation sites is 2. The predicted octanol–water partition coefficient (Wildman–Crippen LogP) is 2.16. The van der Waals surface area contributed by atoms with Crippen LogP contribution in [0.2, 0.25) is 0 Å². The van der Waals surface area contributed by atoms with Crippen molar-refractivity contribution in [3.05, 3.63) is 60.2 Å². The number of carbonyl (C=O) groups excluding carboxylic acids is 2. The zero-order chi connectivity index (χ0) is 20.3. The largest absolute Gasteiger partial charge is 0.484 e. The van der Waals surface area contributed by atoms with E-state index in [-0.39, 0.29) is 18.4 Å². The number of carbonyl (C=O) groups is 2. The molecule has 0 spiro atoms. The summed E-state index contributed by atoms with van der Waals surface area (Å²) < 4.78 is 10.8. The summed E-state index contributed by atoms with van der Waals surface area (Å²) in [6.45, 7) is 4.80. The van der Waals surface area contributed by atoms with E-state index in [1.54, 1.807) is 36.4 Å². The van der Waals surface area contributed by atoms with Gasteiger partial charge in [0.2, 0.25) is 0 Å². The normalized spacial score (nSPS) is 14.2. The van der Waals surface area contributed by atoms with Crippen molar-refractivity contribution in [1.82, 2.24) is 10.2 Å². The Morgan fingerprint density at radius 2 is 1.72 bits per heavy atom. The molecule has 29 heavy (non-hydrogen) atoms. The van der Waals surface area contributed by atoms with Crippen molar-refractivity contribution >= 4 is 17.5 Å². The molecule has 0 unspecified atom stereocenters. The van der Waals surface area contributed by atoms with Gasteiger partial charge in [-0.25, -0.2) is 0 Å². The minimum Gasteiger partial charge on any atom is -0.484 e. The van der Waals surface area contributed by atoms with Gasteiger partial charge in [0.15, 0.2) is 6.61 Å². The zero-order valence-corrected chi connectivity index (χ0v) is 16.4. The molecule has 1 aliphatic heterocycles. The van der Waals surface area contributed by atoms with Crippen molar-refractivity contribution in [2.75, 3.05) is 51.3 Å². The van der Waals surface area contributed by atoms with Crippen molar-refractivity contribution in [2.24, 2.45) is 0 Å². The second-order valence-electron chi connectivity index (χ2n) is 6.76. The molecule has 1 saturated heterocycles. The van der Waals surface area contributed by atoms with Crippen LogP contribution in [0.5, 0.6) is 5.75 Å². The molecule has 2 N–H and O–H groups in total. The van der Waals surface area contributed by atoms with Gasteiger partial charge in [0.25, 0.3) is 11.8 Å². The molecule has 2 aromatic carbocycles. The van der Waals surface area contributed by atoms with Gasteiger partial charge < -0.3 is 20.1 Å². The van der Waals surface area contributed by atoms with E-state index in [0.717, 1.165) is 39.3 Å². The maximum absolute atomic E-state index is 12.6. The first-order valence-corrected chi connectivity index (χ1v) is 9.87. The number of nitrogens with zero attached hydrogens (tertiary/aromatic N) is 1. The van der Waals surface area contributed by atoms with Crippen LogP contribution in [0, 0.1) is 0 Å². The van der Waals surface area contributed by atoms with Gasteiger partial charge in [-0.15, -0.1) is 0 Å². The van der Waals surface area contributed by atoms with Gasteiger partial charge in [0, 0.05) is 19.6 Å². The average molecular weight is 397 g/mol. The van der Waals surface area contributed by atoms with E-state index in [9.17, 15) is 9.59 Å². The number of hydrogen-bond donors (Lipinski definition) is 2. The highest BCUT2D eigenvalue weighted by Crippen LogP contribution is 2.15. The van der Waals surface area contributed by atoms with Crippen LogP contribution in [0.25, 0.3) is 0 Å². The molecule has 0 aliphatic carbocycles. The number of rotatable bonds is 9. The lowest BCUT2D eigenvalue weighted by Crippen LogP contribution is -2.38. The third-order valence-electron chi connectivity index (χ3n) is 4.60. The first-order valence-electron chi connectivity index (χ1n) is 9.87. The second-order valence-corrected chi connectivity index (χ2v) is 6.76. The summed E-state index contributed by atoms with van der Waals surface area (Å²) in [6, 6.07) is 16.1.